The molecule has 5 nitrogen and oxygen atoms in total. The molecule has 0 saturated carbocycles. The van der Waals surface area contributed by atoms with E-state index < -0.39 is 0 Å². The molecule has 1 N–H and O–H groups in total. The molecule has 2 rings (SSSR count). The van der Waals surface area contributed by atoms with Crippen LogP contribution in [0, 0.1) is 11.3 Å². The lowest BCUT2D eigenvalue weighted by Crippen LogP contribution is -2.30. The van der Waals surface area contributed by atoms with Crippen molar-refractivity contribution in [1.82, 2.24) is 9.88 Å². The number of hydrogen-bond donors (Lipinski definition) is 1. The van der Waals surface area contributed by atoms with Gasteiger partial charge in [0.05, 0.1) is 11.6 Å². The molecule has 124 valence electrons. The van der Waals surface area contributed by atoms with Crippen LogP contribution in [0.4, 0.5) is 0 Å². The molecule has 1 amide bonds. The van der Waals surface area contributed by atoms with Crippen LogP contribution in [0.5, 0.6) is 0 Å². The van der Waals surface area contributed by atoms with Gasteiger partial charge >= 0.3 is 0 Å². The summed E-state index contributed by atoms with van der Waals surface area (Å²) >= 11 is 0. The fourth-order valence-corrected chi connectivity index (χ4v) is 2.41. The summed E-state index contributed by atoms with van der Waals surface area (Å²) in [5.74, 6) is -0.0380. The Bertz CT molecular complexity index is 831. The Morgan fingerprint density at radius 3 is 2.71 bits per heavy atom. The maximum atomic E-state index is 12.5. The van der Waals surface area contributed by atoms with Crippen LogP contribution in [-0.2, 0) is 6.42 Å². The highest BCUT2D eigenvalue weighted by Gasteiger charge is 2.14. The molecule has 0 fully saturated rings. The Hall–Kier alpha value is -2.87. The van der Waals surface area contributed by atoms with Crippen molar-refractivity contribution in [2.75, 3.05) is 13.6 Å². The minimum absolute atomic E-state index is 0.143. The second-order valence-electron chi connectivity index (χ2n) is 6.13. The van der Waals surface area contributed by atoms with Gasteiger partial charge in [-0.05, 0) is 36.1 Å². The van der Waals surface area contributed by atoms with E-state index >= 15 is 0 Å². The number of benzene rings is 1. The molecule has 1 heterocycles. The van der Waals surface area contributed by atoms with Gasteiger partial charge in [-0.15, -0.1) is 0 Å². The van der Waals surface area contributed by atoms with Crippen LogP contribution >= 0.6 is 0 Å². The van der Waals surface area contributed by atoms with E-state index in [9.17, 15) is 9.59 Å². The lowest BCUT2D eigenvalue weighted by molar-refractivity contribution is 0.0796. The predicted octanol–water partition coefficient (Wildman–Crippen LogP) is 2.68. The van der Waals surface area contributed by atoms with Gasteiger partial charge in [-0.25, -0.2) is 0 Å². The molecule has 24 heavy (non-hydrogen) atoms. The van der Waals surface area contributed by atoms with Crippen LogP contribution in [0.25, 0.3) is 0 Å². The minimum atomic E-state index is -0.264. The summed E-state index contributed by atoms with van der Waals surface area (Å²) < 4.78 is 0. The second kappa shape index (κ2) is 7.60. The summed E-state index contributed by atoms with van der Waals surface area (Å²) in [5, 5.41) is 8.93. The van der Waals surface area contributed by atoms with Gasteiger partial charge in [0, 0.05) is 30.9 Å². The predicted molar refractivity (Wildman–Crippen MR) is 93.0 cm³/mol. The lowest BCUT2D eigenvalue weighted by Gasteiger charge is -2.18. The first-order valence-corrected chi connectivity index (χ1v) is 7.89. The van der Waals surface area contributed by atoms with Crippen LogP contribution in [0.1, 0.15) is 46.9 Å². The number of nitrogens with zero attached hydrogens (tertiary/aromatic N) is 2. The molecule has 1 aromatic carbocycles. The fourth-order valence-electron chi connectivity index (χ4n) is 2.41. The smallest absolute Gasteiger partial charge is 0.253 e. The SMILES string of the molecule is CC(C)c1cc(C(=O)N(C)CCc2cccc(C#N)c2)cc(=O)[nH]1. The van der Waals surface area contributed by atoms with Crippen molar-refractivity contribution in [2.45, 2.75) is 26.2 Å². The molecule has 1 aromatic heterocycles. The normalized spacial score (nSPS) is 10.5. The Morgan fingerprint density at radius 2 is 2.04 bits per heavy atom. The number of hydrogen-bond acceptors (Lipinski definition) is 3. The molecular weight excluding hydrogens is 302 g/mol. The maximum absolute atomic E-state index is 12.5. The van der Waals surface area contributed by atoms with Gasteiger partial charge in [0.25, 0.3) is 5.91 Å². The molecule has 0 aliphatic rings. The van der Waals surface area contributed by atoms with E-state index in [-0.39, 0.29) is 17.4 Å². The zero-order valence-corrected chi connectivity index (χ0v) is 14.2. The zero-order chi connectivity index (χ0) is 17.7. The summed E-state index contributed by atoms with van der Waals surface area (Å²) in [6.07, 6.45) is 0.651. The number of nitriles is 1. The molecule has 0 unspecified atom stereocenters. The van der Waals surface area contributed by atoms with Gasteiger partial charge in [-0.3, -0.25) is 9.59 Å². The average Bonchev–Trinajstić information content (AvgIpc) is 2.58. The van der Waals surface area contributed by atoms with Gasteiger partial charge in [0.1, 0.15) is 0 Å². The number of pyridine rings is 1. The number of carbonyl (C=O) groups is 1. The van der Waals surface area contributed by atoms with Crippen molar-refractivity contribution < 1.29 is 4.79 Å². The summed E-state index contributed by atoms with van der Waals surface area (Å²) in [5.41, 5.74) is 2.50. The van der Waals surface area contributed by atoms with Crippen molar-refractivity contribution in [1.29, 1.82) is 5.26 Å². The molecule has 0 radical (unpaired) electrons. The number of likely N-dealkylation sites (N-methyl/N-ethyl adjacent to an activating group) is 1. The third-order valence-corrected chi connectivity index (χ3v) is 3.87. The second-order valence-corrected chi connectivity index (χ2v) is 6.13. The van der Waals surface area contributed by atoms with E-state index in [1.165, 1.54) is 6.07 Å². The van der Waals surface area contributed by atoms with E-state index in [2.05, 4.69) is 11.1 Å². The maximum Gasteiger partial charge on any atom is 0.253 e. The molecule has 0 aliphatic heterocycles. The number of aromatic amines is 1. The van der Waals surface area contributed by atoms with Gasteiger partial charge < -0.3 is 9.88 Å². The van der Waals surface area contributed by atoms with Gasteiger partial charge in [0.15, 0.2) is 0 Å². The molecule has 0 bridgehead atoms. The average molecular weight is 323 g/mol. The Labute approximate surface area is 141 Å². The number of amides is 1. The van der Waals surface area contributed by atoms with Gasteiger partial charge in [0.2, 0.25) is 5.56 Å². The highest BCUT2D eigenvalue weighted by molar-refractivity contribution is 5.94. The highest BCUT2D eigenvalue weighted by atomic mass is 16.2. The van der Waals surface area contributed by atoms with Gasteiger partial charge in [-0.2, -0.15) is 5.26 Å². The van der Waals surface area contributed by atoms with Crippen LogP contribution in [0.2, 0.25) is 0 Å². The first kappa shape index (κ1) is 17.5. The number of carbonyl (C=O) groups excluding carboxylic acids is 1. The van der Waals surface area contributed by atoms with Crippen LogP contribution in [0.3, 0.4) is 0 Å². The molecule has 0 atom stereocenters. The van der Waals surface area contributed by atoms with Crippen LogP contribution in [-0.4, -0.2) is 29.4 Å². The lowest BCUT2D eigenvalue weighted by atomic mass is 10.1. The van der Waals surface area contributed by atoms with Crippen LogP contribution < -0.4 is 5.56 Å². The zero-order valence-electron chi connectivity index (χ0n) is 14.2. The third-order valence-electron chi connectivity index (χ3n) is 3.87. The first-order valence-electron chi connectivity index (χ1n) is 7.89. The number of nitrogens with one attached hydrogen (secondary N) is 1. The number of H-pyrrole nitrogens is 1. The molecule has 0 spiro atoms. The van der Waals surface area contributed by atoms with E-state index in [4.69, 9.17) is 5.26 Å². The number of aromatic nitrogens is 1. The van der Waals surface area contributed by atoms with E-state index in [1.54, 1.807) is 24.1 Å². The monoisotopic (exact) mass is 323 g/mol. The van der Waals surface area contributed by atoms with Crippen molar-refractivity contribution in [3.05, 3.63) is 69.1 Å². The third kappa shape index (κ3) is 4.32. The highest BCUT2D eigenvalue weighted by Crippen LogP contribution is 2.12. The Balaban J connectivity index is 2.09. The van der Waals surface area contributed by atoms with Crippen LogP contribution in [0.15, 0.2) is 41.2 Å². The number of rotatable bonds is 5. The topological polar surface area (TPSA) is 77.0 Å². The summed E-state index contributed by atoms with van der Waals surface area (Å²) in [6.45, 7) is 4.44. The molecule has 0 saturated heterocycles. The molecule has 5 heteroatoms. The van der Waals surface area contributed by atoms with E-state index in [0.717, 1.165) is 11.3 Å². The van der Waals surface area contributed by atoms with E-state index in [0.29, 0.717) is 24.1 Å². The van der Waals surface area contributed by atoms with Gasteiger partial charge in [-0.1, -0.05) is 26.0 Å². The van der Waals surface area contributed by atoms with E-state index in [1.807, 2.05) is 32.0 Å². The molecular formula is C19H21N3O2. The van der Waals surface area contributed by atoms with Crippen molar-refractivity contribution >= 4 is 5.91 Å². The summed E-state index contributed by atoms with van der Waals surface area (Å²) in [7, 11) is 1.71. The standard InChI is InChI=1S/C19H21N3O2/c1-13(2)17-10-16(11-18(23)21-17)19(24)22(3)8-7-14-5-4-6-15(9-14)12-20/h4-6,9-11,13H,7-8H2,1-3H3,(H,21,23). The van der Waals surface area contributed by atoms with Crippen molar-refractivity contribution in [2.24, 2.45) is 0 Å². The molecule has 2 aromatic rings. The quantitative estimate of drug-likeness (QED) is 0.919. The Kier molecular flexibility index (Phi) is 5.54. The van der Waals surface area contributed by atoms with Crippen molar-refractivity contribution in [3.63, 3.8) is 0 Å². The first-order chi connectivity index (χ1) is 11.4. The summed E-state index contributed by atoms with van der Waals surface area (Å²) in [6, 6.07) is 12.5. The summed E-state index contributed by atoms with van der Waals surface area (Å²) in [4.78, 5) is 28.6. The van der Waals surface area contributed by atoms with Crippen molar-refractivity contribution in [3.8, 4) is 6.07 Å². The molecule has 0 aliphatic carbocycles. The largest absolute Gasteiger partial charge is 0.341 e. The minimum Gasteiger partial charge on any atom is -0.341 e. The Morgan fingerprint density at radius 1 is 1.29 bits per heavy atom. The fraction of sp³-hybridized carbons (Fsp3) is 0.316.